The number of carboxylic acids is 1. The molecule has 24 heavy (non-hydrogen) atoms. The summed E-state index contributed by atoms with van der Waals surface area (Å²) in [4.78, 5) is 23.7. The number of alkyl halides is 3. The summed E-state index contributed by atoms with van der Waals surface area (Å²) >= 11 is 11.1. The van der Waals surface area contributed by atoms with Crippen molar-refractivity contribution in [2.24, 2.45) is 11.8 Å². The van der Waals surface area contributed by atoms with Gasteiger partial charge in [-0.25, -0.2) is 9.18 Å². The van der Waals surface area contributed by atoms with Crippen LogP contribution in [0.25, 0.3) is 0 Å². The number of carbonyl (C=O) groups excluding carboxylic acids is 1. The van der Waals surface area contributed by atoms with Crippen LogP contribution >= 0.6 is 23.2 Å². The van der Waals surface area contributed by atoms with E-state index in [9.17, 15) is 27.2 Å². The average molecular weight is 389 g/mol. The van der Waals surface area contributed by atoms with Gasteiger partial charge in [-0.05, 0) is 12.1 Å². The molecule has 2 amide bonds. The van der Waals surface area contributed by atoms with E-state index >= 15 is 0 Å². The van der Waals surface area contributed by atoms with E-state index in [1.165, 1.54) is 0 Å². The lowest BCUT2D eigenvalue weighted by molar-refractivity contribution is -0.187. The Morgan fingerprint density at radius 2 is 1.75 bits per heavy atom. The first-order valence-corrected chi connectivity index (χ1v) is 7.26. The summed E-state index contributed by atoms with van der Waals surface area (Å²) in [5.41, 5.74) is -0.0290. The van der Waals surface area contributed by atoms with Gasteiger partial charge in [-0.15, -0.1) is 0 Å². The SMILES string of the molecule is O=C(O)[C@@H]1CN(C(=O)Nc2cc(Cl)c(F)c(Cl)c2)C[C@H]1C(F)(F)F. The van der Waals surface area contributed by atoms with Crippen molar-refractivity contribution in [3.05, 3.63) is 28.0 Å². The fraction of sp³-hybridized carbons (Fsp3) is 0.385. The highest BCUT2D eigenvalue weighted by molar-refractivity contribution is 6.35. The van der Waals surface area contributed by atoms with Crippen molar-refractivity contribution in [3.8, 4) is 0 Å². The largest absolute Gasteiger partial charge is 0.481 e. The summed E-state index contributed by atoms with van der Waals surface area (Å²) in [6.07, 6.45) is -4.75. The predicted octanol–water partition coefficient (Wildman–Crippen LogP) is 3.86. The van der Waals surface area contributed by atoms with Crippen LogP contribution in [0.4, 0.5) is 28.0 Å². The Kier molecular flexibility index (Phi) is 5.14. The fourth-order valence-electron chi connectivity index (χ4n) is 2.38. The molecule has 1 aromatic rings. The van der Waals surface area contributed by atoms with E-state index in [0.29, 0.717) is 0 Å². The Morgan fingerprint density at radius 1 is 1.21 bits per heavy atom. The minimum absolute atomic E-state index is 0.0290. The second-order valence-electron chi connectivity index (χ2n) is 5.18. The molecule has 132 valence electrons. The quantitative estimate of drug-likeness (QED) is 0.596. The van der Waals surface area contributed by atoms with E-state index in [1.807, 2.05) is 0 Å². The van der Waals surface area contributed by atoms with Crippen LogP contribution in [0.3, 0.4) is 0 Å². The lowest BCUT2D eigenvalue weighted by atomic mass is 9.96. The molecule has 0 saturated carbocycles. The van der Waals surface area contributed by atoms with Crippen molar-refractivity contribution in [2.45, 2.75) is 6.18 Å². The molecular weight excluding hydrogens is 379 g/mol. The second-order valence-corrected chi connectivity index (χ2v) is 6.00. The number of anilines is 1. The van der Waals surface area contributed by atoms with Crippen LogP contribution in [-0.4, -0.2) is 41.3 Å². The maximum atomic E-state index is 13.3. The molecule has 0 unspecified atom stereocenters. The molecule has 0 bridgehead atoms. The monoisotopic (exact) mass is 388 g/mol. The van der Waals surface area contributed by atoms with Gasteiger partial charge < -0.3 is 15.3 Å². The molecule has 0 radical (unpaired) electrons. The number of carbonyl (C=O) groups is 2. The molecule has 2 N–H and O–H groups in total. The number of nitrogens with zero attached hydrogens (tertiary/aromatic N) is 1. The van der Waals surface area contributed by atoms with Crippen LogP contribution in [0.15, 0.2) is 12.1 Å². The highest BCUT2D eigenvalue weighted by atomic mass is 35.5. The molecular formula is C13H10Cl2F4N2O3. The van der Waals surface area contributed by atoms with Crippen molar-refractivity contribution in [3.63, 3.8) is 0 Å². The lowest BCUT2D eigenvalue weighted by Gasteiger charge is -2.19. The lowest BCUT2D eigenvalue weighted by Crippen LogP contribution is -2.35. The standard InChI is InChI=1S/C13H10Cl2F4N2O3/c14-8-1-5(2-9(15)10(8)16)20-12(24)21-3-6(11(22)23)7(4-21)13(17,18)19/h1-2,6-7H,3-4H2,(H,20,24)(H,22,23)/t6-,7-/m1/s1. The molecule has 1 saturated heterocycles. The number of carboxylic acid groups (broad SMARTS) is 1. The van der Waals surface area contributed by atoms with Crippen LogP contribution in [0.2, 0.25) is 10.0 Å². The Labute approximate surface area is 143 Å². The van der Waals surface area contributed by atoms with E-state index in [2.05, 4.69) is 5.32 Å². The highest BCUT2D eigenvalue weighted by Crippen LogP contribution is 2.38. The molecule has 5 nitrogen and oxygen atoms in total. The van der Waals surface area contributed by atoms with Crippen molar-refractivity contribution in [1.82, 2.24) is 4.90 Å². The first-order chi connectivity index (χ1) is 11.0. The van der Waals surface area contributed by atoms with Gasteiger partial charge in [-0.3, -0.25) is 4.79 Å². The van der Waals surface area contributed by atoms with E-state index < -0.39 is 48.9 Å². The number of nitrogens with one attached hydrogen (secondary N) is 1. The molecule has 1 aliphatic heterocycles. The first kappa shape index (κ1) is 18.6. The van der Waals surface area contributed by atoms with Gasteiger partial charge in [0, 0.05) is 18.8 Å². The number of aliphatic carboxylic acids is 1. The molecule has 1 aliphatic rings. The Bertz CT molecular complexity index is 661. The third-order valence-electron chi connectivity index (χ3n) is 3.58. The van der Waals surface area contributed by atoms with Crippen LogP contribution in [-0.2, 0) is 4.79 Å². The van der Waals surface area contributed by atoms with E-state index in [-0.39, 0.29) is 15.7 Å². The molecule has 0 aromatic heterocycles. The zero-order valence-corrected chi connectivity index (χ0v) is 13.2. The van der Waals surface area contributed by atoms with Crippen LogP contribution < -0.4 is 5.32 Å². The number of rotatable bonds is 2. The van der Waals surface area contributed by atoms with Crippen molar-refractivity contribution in [2.75, 3.05) is 18.4 Å². The Hall–Kier alpha value is -1.74. The maximum Gasteiger partial charge on any atom is 0.394 e. The number of urea groups is 1. The third-order valence-corrected chi connectivity index (χ3v) is 4.13. The van der Waals surface area contributed by atoms with Crippen molar-refractivity contribution in [1.29, 1.82) is 0 Å². The number of amides is 2. The number of halogens is 6. The fourth-order valence-corrected chi connectivity index (χ4v) is 2.87. The van der Waals surface area contributed by atoms with Gasteiger partial charge in [0.15, 0.2) is 5.82 Å². The molecule has 2 rings (SSSR count). The minimum atomic E-state index is -4.75. The number of likely N-dealkylation sites (tertiary alicyclic amines) is 1. The molecule has 11 heteroatoms. The zero-order valence-electron chi connectivity index (χ0n) is 11.7. The van der Waals surface area contributed by atoms with E-state index in [4.69, 9.17) is 28.3 Å². The number of hydrogen-bond donors (Lipinski definition) is 2. The second kappa shape index (κ2) is 6.64. The zero-order chi connectivity index (χ0) is 18.2. The van der Waals surface area contributed by atoms with Gasteiger partial charge in [0.05, 0.1) is 21.9 Å². The molecule has 0 spiro atoms. The first-order valence-electron chi connectivity index (χ1n) is 6.50. The molecule has 1 heterocycles. The number of hydrogen-bond acceptors (Lipinski definition) is 2. The van der Waals surface area contributed by atoms with E-state index in [0.717, 1.165) is 17.0 Å². The summed E-state index contributed by atoms with van der Waals surface area (Å²) < 4.78 is 52.0. The van der Waals surface area contributed by atoms with Gasteiger partial charge in [0.1, 0.15) is 0 Å². The topological polar surface area (TPSA) is 69.6 Å². The average Bonchev–Trinajstić information content (AvgIpc) is 2.90. The third kappa shape index (κ3) is 3.84. The van der Waals surface area contributed by atoms with E-state index in [1.54, 1.807) is 0 Å². The minimum Gasteiger partial charge on any atom is -0.481 e. The summed E-state index contributed by atoms with van der Waals surface area (Å²) in [5.74, 6) is -6.46. The highest BCUT2D eigenvalue weighted by Gasteiger charge is 2.53. The normalized spacial score (nSPS) is 21.0. The number of benzene rings is 1. The molecule has 1 fully saturated rings. The molecule has 1 aromatic carbocycles. The Balaban J connectivity index is 2.15. The summed E-state index contributed by atoms with van der Waals surface area (Å²) in [7, 11) is 0. The molecule has 2 atom stereocenters. The van der Waals surface area contributed by atoms with Gasteiger partial charge >= 0.3 is 18.2 Å². The van der Waals surface area contributed by atoms with Gasteiger partial charge in [0.2, 0.25) is 0 Å². The van der Waals surface area contributed by atoms with Crippen molar-refractivity contribution >= 4 is 40.9 Å². The summed E-state index contributed by atoms with van der Waals surface area (Å²) in [6.45, 7) is -1.40. The van der Waals surface area contributed by atoms with Gasteiger partial charge in [-0.2, -0.15) is 13.2 Å². The van der Waals surface area contributed by atoms with Crippen LogP contribution in [0.1, 0.15) is 0 Å². The summed E-state index contributed by atoms with van der Waals surface area (Å²) in [5, 5.41) is 10.4. The van der Waals surface area contributed by atoms with Gasteiger partial charge in [0.25, 0.3) is 0 Å². The predicted molar refractivity (Wildman–Crippen MR) is 77.7 cm³/mol. The smallest absolute Gasteiger partial charge is 0.394 e. The maximum absolute atomic E-state index is 13.3. The molecule has 0 aliphatic carbocycles. The van der Waals surface area contributed by atoms with Crippen LogP contribution in [0.5, 0.6) is 0 Å². The summed E-state index contributed by atoms with van der Waals surface area (Å²) in [6, 6.07) is 1.10. The van der Waals surface area contributed by atoms with Crippen LogP contribution in [0, 0.1) is 17.7 Å². The Morgan fingerprint density at radius 3 is 2.17 bits per heavy atom. The van der Waals surface area contributed by atoms with Gasteiger partial charge in [-0.1, -0.05) is 23.2 Å². The van der Waals surface area contributed by atoms with Crippen molar-refractivity contribution < 1.29 is 32.3 Å².